The average molecular weight is 411 g/mol. The van der Waals surface area contributed by atoms with Gasteiger partial charge < -0.3 is 24.3 Å². The highest BCUT2D eigenvalue weighted by molar-refractivity contribution is 5.81. The summed E-state index contributed by atoms with van der Waals surface area (Å²) in [6, 6.07) is 7.75. The maximum Gasteiger partial charge on any atom is 0.251 e. The zero-order valence-corrected chi connectivity index (χ0v) is 17.5. The number of likely N-dealkylation sites (tertiary alicyclic amines) is 1. The van der Waals surface area contributed by atoms with Gasteiger partial charge in [0.1, 0.15) is 17.2 Å². The van der Waals surface area contributed by atoms with Crippen molar-refractivity contribution in [3.63, 3.8) is 0 Å². The second kappa shape index (κ2) is 8.04. The smallest absolute Gasteiger partial charge is 0.251 e. The van der Waals surface area contributed by atoms with E-state index in [4.69, 9.17) is 9.47 Å². The number of nitrogens with zero attached hydrogens (tertiary/aromatic N) is 3. The van der Waals surface area contributed by atoms with E-state index in [0.29, 0.717) is 13.1 Å². The molecule has 1 aromatic heterocycles. The number of hydrogen-bond acceptors (Lipinski definition) is 5. The molecule has 3 heterocycles. The molecule has 1 atom stereocenters. The van der Waals surface area contributed by atoms with Crippen molar-refractivity contribution in [2.24, 2.45) is 5.92 Å². The first kappa shape index (κ1) is 19.6. The molecule has 0 unspecified atom stereocenters. The fraction of sp³-hybridized carbons (Fsp3) is 0.565. The van der Waals surface area contributed by atoms with Gasteiger partial charge in [0.05, 0.1) is 13.7 Å². The number of fused-ring (bicyclic) bond motifs is 2. The standard InChI is InChI=1S/C23H30N4O3/c1-29-19-4-2-3-18(13-19)14-25-21(28)20-16-27-12-9-24-22(27)23(30-20)7-10-26(11-8-23)15-17-5-6-17/h2-4,9,12-13,17,20H,5-8,10-11,14-16H2,1H3,(H,25,28)/t20-/m0/s1. The summed E-state index contributed by atoms with van der Waals surface area (Å²) in [5.74, 6) is 2.58. The van der Waals surface area contributed by atoms with Gasteiger partial charge in [-0.1, -0.05) is 12.1 Å². The number of nitrogens with one attached hydrogen (secondary N) is 1. The molecule has 2 aliphatic heterocycles. The first-order valence-corrected chi connectivity index (χ1v) is 11.0. The molecule has 2 aromatic rings. The van der Waals surface area contributed by atoms with Crippen molar-refractivity contribution in [2.45, 2.75) is 50.5 Å². The van der Waals surface area contributed by atoms with Gasteiger partial charge in [-0.15, -0.1) is 0 Å². The van der Waals surface area contributed by atoms with Gasteiger partial charge in [0.25, 0.3) is 5.91 Å². The minimum atomic E-state index is -0.507. The van der Waals surface area contributed by atoms with Crippen LogP contribution < -0.4 is 10.1 Å². The topological polar surface area (TPSA) is 68.6 Å². The molecule has 3 aliphatic rings. The van der Waals surface area contributed by atoms with Gasteiger partial charge in [0, 0.05) is 38.6 Å². The SMILES string of the molecule is COc1cccc(CNC(=O)[C@@H]2Cn3ccnc3C3(CCN(CC4CC4)CC3)O2)c1. The summed E-state index contributed by atoms with van der Waals surface area (Å²) in [4.78, 5) is 20.2. The molecule has 0 bridgehead atoms. The van der Waals surface area contributed by atoms with Crippen LogP contribution in [0.3, 0.4) is 0 Å². The number of carbonyl (C=O) groups is 1. The van der Waals surface area contributed by atoms with Crippen LogP contribution in [0.15, 0.2) is 36.7 Å². The lowest BCUT2D eigenvalue weighted by Crippen LogP contribution is -2.54. The van der Waals surface area contributed by atoms with Crippen molar-refractivity contribution in [3.8, 4) is 5.75 Å². The molecule has 7 nitrogen and oxygen atoms in total. The third-order valence-corrected chi connectivity index (χ3v) is 6.62. The maximum absolute atomic E-state index is 13.0. The number of methoxy groups -OCH3 is 1. The second-order valence-corrected chi connectivity index (χ2v) is 8.82. The molecule has 30 heavy (non-hydrogen) atoms. The third kappa shape index (κ3) is 3.96. The largest absolute Gasteiger partial charge is 0.497 e. The summed E-state index contributed by atoms with van der Waals surface area (Å²) in [5.41, 5.74) is 0.546. The molecular formula is C23H30N4O3. The quantitative estimate of drug-likeness (QED) is 0.792. The van der Waals surface area contributed by atoms with Crippen LogP contribution in [0.1, 0.15) is 37.1 Å². The summed E-state index contributed by atoms with van der Waals surface area (Å²) in [7, 11) is 1.64. The summed E-state index contributed by atoms with van der Waals surface area (Å²) in [5, 5.41) is 3.04. The van der Waals surface area contributed by atoms with E-state index in [1.807, 2.05) is 36.7 Å². The van der Waals surface area contributed by atoms with Crippen LogP contribution in [0.4, 0.5) is 0 Å². The van der Waals surface area contributed by atoms with Gasteiger partial charge in [0.15, 0.2) is 6.10 Å². The third-order valence-electron chi connectivity index (χ3n) is 6.62. The minimum Gasteiger partial charge on any atom is -0.497 e. The van der Waals surface area contributed by atoms with Crippen LogP contribution in [0.25, 0.3) is 0 Å². The Bertz CT molecular complexity index is 899. The molecule has 1 aromatic carbocycles. The number of piperidine rings is 1. The molecule has 1 saturated carbocycles. The van der Waals surface area contributed by atoms with E-state index in [2.05, 4.69) is 19.8 Å². The van der Waals surface area contributed by atoms with Crippen LogP contribution in [0.5, 0.6) is 5.75 Å². The second-order valence-electron chi connectivity index (χ2n) is 8.82. The van der Waals surface area contributed by atoms with Crippen molar-refractivity contribution >= 4 is 5.91 Å². The lowest BCUT2D eigenvalue weighted by molar-refractivity contribution is -0.173. The van der Waals surface area contributed by atoms with Gasteiger partial charge in [-0.05, 0) is 49.3 Å². The van der Waals surface area contributed by atoms with Crippen molar-refractivity contribution in [3.05, 3.63) is 48.0 Å². The molecule has 1 amide bonds. The zero-order valence-electron chi connectivity index (χ0n) is 17.5. The Morgan fingerprint density at radius 2 is 2.17 bits per heavy atom. The Labute approximate surface area is 177 Å². The maximum atomic E-state index is 13.0. The van der Waals surface area contributed by atoms with Crippen LogP contribution in [0.2, 0.25) is 0 Å². The van der Waals surface area contributed by atoms with Crippen LogP contribution in [0, 0.1) is 5.92 Å². The number of amides is 1. The lowest BCUT2D eigenvalue weighted by Gasteiger charge is -2.45. The summed E-state index contributed by atoms with van der Waals surface area (Å²) in [6.45, 7) is 4.17. The molecule has 0 radical (unpaired) electrons. The Morgan fingerprint density at radius 1 is 1.33 bits per heavy atom. The molecule has 1 aliphatic carbocycles. The first-order valence-electron chi connectivity index (χ1n) is 11.0. The number of aromatic nitrogens is 2. The minimum absolute atomic E-state index is 0.0723. The number of hydrogen-bond donors (Lipinski definition) is 1. The number of rotatable bonds is 6. The van der Waals surface area contributed by atoms with E-state index in [-0.39, 0.29) is 5.91 Å². The van der Waals surface area contributed by atoms with Gasteiger partial charge in [-0.2, -0.15) is 0 Å². The highest BCUT2D eigenvalue weighted by Crippen LogP contribution is 2.41. The lowest BCUT2D eigenvalue weighted by atomic mass is 9.88. The van der Waals surface area contributed by atoms with Crippen LogP contribution in [-0.2, 0) is 28.2 Å². The van der Waals surface area contributed by atoms with Crippen LogP contribution >= 0.6 is 0 Å². The van der Waals surface area contributed by atoms with Crippen molar-refractivity contribution in [1.29, 1.82) is 0 Å². The number of benzene rings is 1. The highest BCUT2D eigenvalue weighted by Gasteiger charge is 2.47. The summed E-state index contributed by atoms with van der Waals surface area (Å²) < 4.78 is 13.9. The predicted molar refractivity (Wildman–Crippen MR) is 112 cm³/mol. The van der Waals surface area contributed by atoms with Crippen molar-refractivity contribution in [1.82, 2.24) is 19.8 Å². The highest BCUT2D eigenvalue weighted by atomic mass is 16.5. The van der Waals surface area contributed by atoms with E-state index in [0.717, 1.165) is 49.0 Å². The van der Waals surface area contributed by atoms with Crippen LogP contribution in [-0.4, -0.2) is 53.2 Å². The molecule has 5 rings (SSSR count). The molecule has 160 valence electrons. The van der Waals surface area contributed by atoms with Gasteiger partial charge in [-0.25, -0.2) is 4.98 Å². The van der Waals surface area contributed by atoms with Gasteiger partial charge in [0.2, 0.25) is 0 Å². The average Bonchev–Trinajstić information content (AvgIpc) is 3.46. The molecular weight excluding hydrogens is 380 g/mol. The van der Waals surface area contributed by atoms with E-state index in [9.17, 15) is 4.79 Å². The zero-order chi connectivity index (χ0) is 20.6. The molecule has 1 saturated heterocycles. The molecule has 1 N–H and O–H groups in total. The monoisotopic (exact) mass is 410 g/mol. The Balaban J connectivity index is 1.25. The fourth-order valence-corrected chi connectivity index (χ4v) is 4.72. The fourth-order valence-electron chi connectivity index (χ4n) is 4.72. The van der Waals surface area contributed by atoms with E-state index in [1.165, 1.54) is 19.4 Å². The Morgan fingerprint density at radius 3 is 2.93 bits per heavy atom. The summed E-state index contributed by atoms with van der Waals surface area (Å²) in [6.07, 6.45) is 7.81. The van der Waals surface area contributed by atoms with E-state index < -0.39 is 11.7 Å². The first-order chi connectivity index (χ1) is 14.6. The summed E-state index contributed by atoms with van der Waals surface area (Å²) >= 11 is 0. The number of ether oxygens (including phenoxy) is 2. The van der Waals surface area contributed by atoms with E-state index >= 15 is 0 Å². The molecule has 2 fully saturated rings. The van der Waals surface area contributed by atoms with E-state index in [1.54, 1.807) is 7.11 Å². The van der Waals surface area contributed by atoms with Gasteiger partial charge >= 0.3 is 0 Å². The molecule has 1 spiro atoms. The Hall–Kier alpha value is -2.38. The van der Waals surface area contributed by atoms with Crippen molar-refractivity contribution in [2.75, 3.05) is 26.7 Å². The van der Waals surface area contributed by atoms with Gasteiger partial charge in [-0.3, -0.25) is 4.79 Å². The van der Waals surface area contributed by atoms with Crippen molar-refractivity contribution < 1.29 is 14.3 Å². The molecule has 7 heteroatoms. The predicted octanol–water partition coefficient (Wildman–Crippen LogP) is 2.31. The number of imidazole rings is 1. The normalized spacial score (nSPS) is 23.2. The number of carbonyl (C=O) groups excluding carboxylic acids is 1. The Kier molecular flexibility index (Phi) is 5.25.